The minimum Gasteiger partial charge on any atom is -0.343 e. The van der Waals surface area contributed by atoms with Gasteiger partial charge in [0, 0.05) is 32.0 Å². The van der Waals surface area contributed by atoms with Gasteiger partial charge in [-0.2, -0.15) is 5.10 Å². The van der Waals surface area contributed by atoms with E-state index in [1.54, 1.807) is 11.0 Å². The lowest BCUT2D eigenvalue weighted by atomic mass is 9.96. The van der Waals surface area contributed by atoms with Gasteiger partial charge < -0.3 is 9.88 Å². The van der Waals surface area contributed by atoms with Gasteiger partial charge in [-0.15, -0.1) is 0 Å². The van der Waals surface area contributed by atoms with Crippen LogP contribution < -0.4 is 0 Å². The fourth-order valence-corrected chi connectivity index (χ4v) is 3.69. The van der Waals surface area contributed by atoms with Gasteiger partial charge in [-0.05, 0) is 37.8 Å². The fraction of sp³-hybridized carbons (Fsp3) is 0.474. The monoisotopic (exact) mass is 352 g/mol. The summed E-state index contributed by atoms with van der Waals surface area (Å²) in [5.74, 6) is 1.71. The van der Waals surface area contributed by atoms with E-state index in [1.807, 2.05) is 4.90 Å². The molecule has 1 aromatic carbocycles. The molecule has 0 saturated carbocycles. The minimum atomic E-state index is 0.240. The van der Waals surface area contributed by atoms with E-state index in [2.05, 4.69) is 40.2 Å². The quantitative estimate of drug-likeness (QED) is 0.765. The molecule has 1 amide bonds. The Morgan fingerprint density at radius 1 is 1.31 bits per heavy atom. The molecule has 0 unspecified atom stereocenters. The van der Waals surface area contributed by atoms with E-state index in [0.29, 0.717) is 12.3 Å². The van der Waals surface area contributed by atoms with Crippen LogP contribution in [0.1, 0.15) is 43.0 Å². The molecule has 1 aliphatic heterocycles. The summed E-state index contributed by atoms with van der Waals surface area (Å²) in [5, 5.41) is 4.06. The van der Waals surface area contributed by atoms with Crippen LogP contribution in [0.2, 0.25) is 0 Å². The molecule has 0 aliphatic carbocycles. The second-order valence-electron chi connectivity index (χ2n) is 7.01. The van der Waals surface area contributed by atoms with Gasteiger partial charge in [-0.1, -0.05) is 12.1 Å². The van der Waals surface area contributed by atoms with Crippen molar-refractivity contribution in [3.63, 3.8) is 0 Å². The van der Waals surface area contributed by atoms with E-state index in [-0.39, 0.29) is 5.91 Å². The molecule has 1 aliphatic rings. The number of hydrogen-bond acceptors (Lipinski definition) is 4. The molecular formula is C19H24N6O. The maximum atomic E-state index is 12.4. The van der Waals surface area contributed by atoms with Gasteiger partial charge in [0.15, 0.2) is 0 Å². The number of aromatic amines is 1. The summed E-state index contributed by atoms with van der Waals surface area (Å²) in [5.41, 5.74) is 3.37. The second-order valence-corrected chi connectivity index (χ2v) is 7.01. The Hall–Kier alpha value is -2.70. The molecule has 0 radical (unpaired) electrons. The van der Waals surface area contributed by atoms with Crippen molar-refractivity contribution in [1.29, 1.82) is 0 Å². The Morgan fingerprint density at radius 2 is 2.15 bits per heavy atom. The number of carbonyl (C=O) groups excluding carboxylic acids is 1. The normalized spacial score (nSPS) is 15.7. The Kier molecular flexibility index (Phi) is 4.69. The highest BCUT2D eigenvalue weighted by atomic mass is 16.2. The van der Waals surface area contributed by atoms with Crippen molar-refractivity contribution >= 4 is 16.9 Å². The first-order valence-corrected chi connectivity index (χ1v) is 9.26. The van der Waals surface area contributed by atoms with Crippen molar-refractivity contribution in [2.24, 2.45) is 0 Å². The van der Waals surface area contributed by atoms with Crippen molar-refractivity contribution in [2.75, 3.05) is 13.1 Å². The van der Waals surface area contributed by atoms with E-state index in [4.69, 9.17) is 4.98 Å². The molecule has 0 bridgehead atoms. The van der Waals surface area contributed by atoms with Crippen LogP contribution in [0.4, 0.5) is 0 Å². The Balaban J connectivity index is 1.30. The van der Waals surface area contributed by atoms with Crippen molar-refractivity contribution in [3.8, 4) is 0 Å². The SMILES string of the molecule is Cc1cccc2[nH]c(C3CCN(C(=O)CCCn4cncn4)CC3)nc12. The minimum absolute atomic E-state index is 0.240. The van der Waals surface area contributed by atoms with Crippen molar-refractivity contribution in [1.82, 2.24) is 29.6 Å². The first kappa shape index (κ1) is 16.8. The molecule has 26 heavy (non-hydrogen) atoms. The van der Waals surface area contributed by atoms with Crippen LogP contribution in [-0.2, 0) is 11.3 Å². The average molecular weight is 352 g/mol. The average Bonchev–Trinajstić information content (AvgIpc) is 3.32. The predicted molar refractivity (Wildman–Crippen MR) is 98.6 cm³/mol. The third-order valence-corrected chi connectivity index (χ3v) is 5.21. The van der Waals surface area contributed by atoms with Crippen LogP contribution in [0.25, 0.3) is 11.0 Å². The number of benzene rings is 1. The molecule has 2 aromatic heterocycles. The summed E-state index contributed by atoms with van der Waals surface area (Å²) in [7, 11) is 0. The van der Waals surface area contributed by atoms with Gasteiger partial charge in [-0.25, -0.2) is 9.97 Å². The molecular weight excluding hydrogens is 328 g/mol. The number of H-pyrrole nitrogens is 1. The number of likely N-dealkylation sites (tertiary alicyclic amines) is 1. The highest BCUT2D eigenvalue weighted by Gasteiger charge is 2.25. The van der Waals surface area contributed by atoms with Crippen LogP contribution in [0.5, 0.6) is 0 Å². The number of piperidine rings is 1. The number of aromatic nitrogens is 5. The van der Waals surface area contributed by atoms with Crippen molar-refractivity contribution in [3.05, 3.63) is 42.2 Å². The smallest absolute Gasteiger partial charge is 0.222 e. The van der Waals surface area contributed by atoms with Gasteiger partial charge >= 0.3 is 0 Å². The van der Waals surface area contributed by atoms with Gasteiger partial charge in [0.25, 0.3) is 0 Å². The number of para-hydroxylation sites is 1. The van der Waals surface area contributed by atoms with Crippen molar-refractivity contribution in [2.45, 2.75) is 45.1 Å². The number of amides is 1. The second kappa shape index (κ2) is 7.27. The summed E-state index contributed by atoms with van der Waals surface area (Å²) in [6.07, 6.45) is 6.50. The summed E-state index contributed by atoms with van der Waals surface area (Å²) in [6.45, 7) is 4.44. The van der Waals surface area contributed by atoms with Gasteiger partial charge in [0.2, 0.25) is 5.91 Å². The Bertz CT molecular complexity index is 877. The zero-order valence-corrected chi connectivity index (χ0v) is 15.1. The Labute approximate surface area is 152 Å². The predicted octanol–water partition coefficient (Wildman–Crippen LogP) is 2.65. The lowest BCUT2D eigenvalue weighted by Gasteiger charge is -2.31. The van der Waals surface area contributed by atoms with E-state index < -0.39 is 0 Å². The summed E-state index contributed by atoms with van der Waals surface area (Å²) < 4.78 is 1.77. The highest BCUT2D eigenvalue weighted by Crippen LogP contribution is 2.28. The van der Waals surface area contributed by atoms with Gasteiger partial charge in [-0.3, -0.25) is 9.48 Å². The van der Waals surface area contributed by atoms with Gasteiger partial charge in [0.05, 0.1) is 11.0 Å². The number of nitrogens with one attached hydrogen (secondary N) is 1. The molecule has 1 N–H and O–H groups in total. The number of carbonyl (C=O) groups is 1. The third-order valence-electron chi connectivity index (χ3n) is 5.21. The van der Waals surface area contributed by atoms with Crippen LogP contribution in [0.15, 0.2) is 30.9 Å². The number of rotatable bonds is 5. The van der Waals surface area contributed by atoms with Crippen molar-refractivity contribution < 1.29 is 4.79 Å². The number of nitrogens with zero attached hydrogens (tertiary/aromatic N) is 5. The fourth-order valence-electron chi connectivity index (χ4n) is 3.69. The number of fused-ring (bicyclic) bond motifs is 1. The molecule has 1 saturated heterocycles. The molecule has 3 aromatic rings. The molecule has 136 valence electrons. The lowest BCUT2D eigenvalue weighted by Crippen LogP contribution is -2.38. The molecule has 7 heteroatoms. The summed E-state index contributed by atoms with van der Waals surface area (Å²) in [4.78, 5) is 26.6. The standard InChI is InChI=1S/C19H24N6O/c1-14-4-2-5-16-18(14)23-19(22-16)15-7-10-24(11-8-15)17(26)6-3-9-25-13-20-12-21-25/h2,4-5,12-13,15H,3,6-11H2,1H3,(H,22,23). The van der Waals surface area contributed by atoms with Crippen LogP contribution in [0.3, 0.4) is 0 Å². The maximum absolute atomic E-state index is 12.4. The van der Waals surface area contributed by atoms with Crippen LogP contribution in [-0.4, -0.2) is 48.6 Å². The van der Waals surface area contributed by atoms with E-state index >= 15 is 0 Å². The largest absolute Gasteiger partial charge is 0.343 e. The molecule has 7 nitrogen and oxygen atoms in total. The zero-order chi connectivity index (χ0) is 17.9. The molecule has 3 heterocycles. The molecule has 4 rings (SSSR count). The van der Waals surface area contributed by atoms with Crippen LogP contribution in [0, 0.1) is 6.92 Å². The third kappa shape index (κ3) is 3.47. The number of imidazole rings is 1. The highest BCUT2D eigenvalue weighted by molar-refractivity contribution is 5.78. The lowest BCUT2D eigenvalue weighted by molar-refractivity contribution is -0.132. The molecule has 0 atom stereocenters. The van der Waals surface area contributed by atoms with E-state index in [0.717, 1.165) is 55.8 Å². The Morgan fingerprint density at radius 3 is 2.88 bits per heavy atom. The first-order valence-electron chi connectivity index (χ1n) is 9.26. The summed E-state index contributed by atoms with van der Waals surface area (Å²) in [6, 6.07) is 6.22. The number of hydrogen-bond donors (Lipinski definition) is 1. The summed E-state index contributed by atoms with van der Waals surface area (Å²) >= 11 is 0. The number of aryl methyl sites for hydroxylation is 2. The van der Waals surface area contributed by atoms with Crippen LogP contribution >= 0.6 is 0 Å². The molecule has 1 fully saturated rings. The topological polar surface area (TPSA) is 79.7 Å². The first-order chi connectivity index (χ1) is 12.7. The zero-order valence-electron chi connectivity index (χ0n) is 15.1. The van der Waals surface area contributed by atoms with E-state index in [9.17, 15) is 4.79 Å². The maximum Gasteiger partial charge on any atom is 0.222 e. The van der Waals surface area contributed by atoms with Gasteiger partial charge in [0.1, 0.15) is 18.5 Å². The molecule has 0 spiro atoms. The van der Waals surface area contributed by atoms with E-state index in [1.165, 1.54) is 11.9 Å².